The van der Waals surface area contributed by atoms with Gasteiger partial charge in [-0.25, -0.2) is 4.79 Å². The Bertz CT molecular complexity index is 572. The molecule has 0 unspecified atom stereocenters. The number of carbonyl (C=O) groups is 1. The van der Waals surface area contributed by atoms with Crippen LogP contribution in [-0.4, -0.2) is 36.9 Å². The standard InChI is InChI=1S/C12H18N2O5S/c1-9-4-6-14(7-5-9)20(17,18)13-8-10-2-3-11(19-10)12(15)16/h2-3,9,13H,4-8H2,1H3,(H,15,16). The maximum atomic E-state index is 12.1. The molecule has 1 saturated heterocycles. The Hall–Kier alpha value is -1.38. The van der Waals surface area contributed by atoms with Gasteiger partial charge in [0.15, 0.2) is 0 Å². The molecule has 1 aliphatic heterocycles. The molecule has 1 aromatic heterocycles. The van der Waals surface area contributed by atoms with Crippen molar-refractivity contribution in [3.05, 3.63) is 23.7 Å². The zero-order valence-electron chi connectivity index (χ0n) is 11.2. The predicted molar refractivity (Wildman–Crippen MR) is 71.4 cm³/mol. The normalized spacial score (nSPS) is 18.2. The smallest absolute Gasteiger partial charge is 0.371 e. The highest BCUT2D eigenvalue weighted by Gasteiger charge is 2.26. The highest BCUT2D eigenvalue weighted by molar-refractivity contribution is 7.87. The van der Waals surface area contributed by atoms with Gasteiger partial charge in [-0.1, -0.05) is 6.92 Å². The van der Waals surface area contributed by atoms with Gasteiger partial charge < -0.3 is 9.52 Å². The van der Waals surface area contributed by atoms with Crippen molar-refractivity contribution in [2.75, 3.05) is 13.1 Å². The molecule has 0 amide bonds. The van der Waals surface area contributed by atoms with Crippen molar-refractivity contribution in [3.63, 3.8) is 0 Å². The summed E-state index contributed by atoms with van der Waals surface area (Å²) in [4.78, 5) is 10.7. The van der Waals surface area contributed by atoms with Gasteiger partial charge in [0.05, 0.1) is 6.54 Å². The van der Waals surface area contributed by atoms with E-state index in [9.17, 15) is 13.2 Å². The third-order valence-corrected chi connectivity index (χ3v) is 4.94. The first-order chi connectivity index (χ1) is 9.38. The van der Waals surface area contributed by atoms with Gasteiger partial charge >= 0.3 is 5.97 Å². The Balaban J connectivity index is 1.93. The zero-order valence-corrected chi connectivity index (χ0v) is 12.0. The van der Waals surface area contributed by atoms with Crippen LogP contribution >= 0.6 is 0 Å². The average molecular weight is 302 g/mol. The van der Waals surface area contributed by atoms with Gasteiger partial charge in [-0.3, -0.25) is 0 Å². The van der Waals surface area contributed by atoms with Crippen molar-refractivity contribution in [2.45, 2.75) is 26.3 Å². The molecule has 0 aliphatic carbocycles. The highest BCUT2D eigenvalue weighted by atomic mass is 32.2. The molecule has 7 nitrogen and oxygen atoms in total. The number of nitrogens with zero attached hydrogens (tertiary/aromatic N) is 1. The van der Waals surface area contributed by atoms with E-state index in [2.05, 4.69) is 11.6 Å². The summed E-state index contributed by atoms with van der Waals surface area (Å²) in [5.41, 5.74) is 0. The summed E-state index contributed by atoms with van der Waals surface area (Å²) < 4.78 is 33.0. The van der Waals surface area contributed by atoms with Gasteiger partial charge in [-0.2, -0.15) is 17.4 Å². The SMILES string of the molecule is CC1CCN(S(=O)(=O)NCc2ccc(C(=O)O)o2)CC1. The first-order valence-electron chi connectivity index (χ1n) is 6.45. The molecular weight excluding hydrogens is 284 g/mol. The number of aromatic carboxylic acids is 1. The number of carboxylic acids is 1. The van der Waals surface area contributed by atoms with Crippen LogP contribution in [0.25, 0.3) is 0 Å². The Kier molecular flexibility index (Phi) is 4.46. The van der Waals surface area contributed by atoms with Crippen LogP contribution in [0, 0.1) is 5.92 Å². The van der Waals surface area contributed by atoms with E-state index in [1.165, 1.54) is 16.4 Å². The van der Waals surface area contributed by atoms with Crippen molar-refractivity contribution in [1.82, 2.24) is 9.03 Å². The zero-order chi connectivity index (χ0) is 14.8. The molecule has 0 saturated carbocycles. The number of nitrogens with one attached hydrogen (secondary N) is 1. The van der Waals surface area contributed by atoms with E-state index < -0.39 is 16.2 Å². The quantitative estimate of drug-likeness (QED) is 0.846. The maximum Gasteiger partial charge on any atom is 0.371 e. The van der Waals surface area contributed by atoms with Crippen LogP contribution in [0.2, 0.25) is 0 Å². The third kappa shape index (κ3) is 3.59. The van der Waals surface area contributed by atoms with Gasteiger partial charge in [0.2, 0.25) is 5.76 Å². The fourth-order valence-electron chi connectivity index (χ4n) is 2.07. The summed E-state index contributed by atoms with van der Waals surface area (Å²) in [5, 5.41) is 8.71. The van der Waals surface area contributed by atoms with E-state index in [4.69, 9.17) is 9.52 Å². The number of piperidine rings is 1. The molecule has 1 aromatic rings. The Morgan fingerprint density at radius 1 is 1.45 bits per heavy atom. The monoisotopic (exact) mass is 302 g/mol. The van der Waals surface area contributed by atoms with Gasteiger partial charge in [0.1, 0.15) is 5.76 Å². The van der Waals surface area contributed by atoms with Gasteiger partial charge in [0.25, 0.3) is 10.2 Å². The fourth-order valence-corrected chi connectivity index (χ4v) is 3.27. The van der Waals surface area contributed by atoms with E-state index >= 15 is 0 Å². The van der Waals surface area contributed by atoms with Gasteiger partial charge in [-0.15, -0.1) is 0 Å². The lowest BCUT2D eigenvalue weighted by Crippen LogP contribution is -2.44. The predicted octanol–water partition coefficient (Wildman–Crippen LogP) is 1.04. The molecule has 8 heteroatoms. The lowest BCUT2D eigenvalue weighted by Gasteiger charge is -2.29. The minimum absolute atomic E-state index is 0.0539. The topological polar surface area (TPSA) is 99.9 Å². The van der Waals surface area contributed by atoms with Gasteiger partial charge in [0, 0.05) is 13.1 Å². The van der Waals surface area contributed by atoms with E-state index in [1.807, 2.05) is 0 Å². The summed E-state index contributed by atoms with van der Waals surface area (Å²) >= 11 is 0. The van der Waals surface area contributed by atoms with Gasteiger partial charge in [-0.05, 0) is 30.9 Å². The minimum atomic E-state index is -3.54. The fraction of sp³-hybridized carbons (Fsp3) is 0.583. The molecule has 0 atom stereocenters. The Morgan fingerprint density at radius 3 is 2.65 bits per heavy atom. The van der Waals surface area contributed by atoms with Crippen molar-refractivity contribution < 1.29 is 22.7 Å². The van der Waals surface area contributed by atoms with Crippen LogP contribution in [0.4, 0.5) is 0 Å². The van der Waals surface area contributed by atoms with Crippen LogP contribution in [0.1, 0.15) is 36.1 Å². The average Bonchev–Trinajstić information content (AvgIpc) is 2.86. The van der Waals surface area contributed by atoms with Crippen molar-refractivity contribution >= 4 is 16.2 Å². The van der Waals surface area contributed by atoms with E-state index in [1.54, 1.807) is 0 Å². The molecular formula is C12H18N2O5S. The first kappa shape index (κ1) is 15.0. The maximum absolute atomic E-state index is 12.1. The summed E-state index contributed by atoms with van der Waals surface area (Å²) in [6.45, 7) is 3.07. The van der Waals surface area contributed by atoms with Crippen LogP contribution in [0.5, 0.6) is 0 Å². The van der Waals surface area contributed by atoms with Crippen LogP contribution in [0.3, 0.4) is 0 Å². The van der Waals surface area contributed by atoms with Crippen LogP contribution in [-0.2, 0) is 16.8 Å². The van der Waals surface area contributed by atoms with Crippen molar-refractivity contribution in [2.24, 2.45) is 5.92 Å². The number of rotatable bonds is 5. The summed E-state index contributed by atoms with van der Waals surface area (Å²) in [5.74, 6) is -0.559. The van der Waals surface area contributed by atoms with E-state index in [-0.39, 0.29) is 18.1 Å². The summed E-state index contributed by atoms with van der Waals surface area (Å²) in [6.07, 6.45) is 1.70. The molecule has 0 radical (unpaired) electrons. The van der Waals surface area contributed by atoms with Crippen LogP contribution in [0.15, 0.2) is 16.5 Å². The van der Waals surface area contributed by atoms with Crippen molar-refractivity contribution in [3.8, 4) is 0 Å². The second-order valence-electron chi connectivity index (χ2n) is 4.98. The number of hydrogen-bond donors (Lipinski definition) is 2. The Morgan fingerprint density at radius 2 is 2.10 bits per heavy atom. The largest absolute Gasteiger partial charge is 0.475 e. The second kappa shape index (κ2) is 5.94. The third-order valence-electron chi connectivity index (χ3n) is 3.38. The van der Waals surface area contributed by atoms with Crippen molar-refractivity contribution in [1.29, 1.82) is 0 Å². The number of carboxylic acid groups (broad SMARTS) is 1. The molecule has 2 heterocycles. The lowest BCUT2D eigenvalue weighted by atomic mass is 10.0. The molecule has 0 aromatic carbocycles. The molecule has 1 aliphatic rings. The second-order valence-corrected chi connectivity index (χ2v) is 6.73. The summed E-state index contributed by atoms with van der Waals surface area (Å²) in [7, 11) is -3.54. The van der Waals surface area contributed by atoms with E-state index in [0.717, 1.165) is 12.8 Å². The molecule has 1 fully saturated rings. The minimum Gasteiger partial charge on any atom is -0.475 e. The first-order valence-corrected chi connectivity index (χ1v) is 7.89. The number of furan rings is 1. The molecule has 2 rings (SSSR count). The molecule has 0 spiro atoms. The molecule has 20 heavy (non-hydrogen) atoms. The summed E-state index contributed by atoms with van der Waals surface area (Å²) in [6, 6.07) is 2.75. The van der Waals surface area contributed by atoms with Crippen LogP contribution < -0.4 is 4.72 Å². The molecule has 0 bridgehead atoms. The number of hydrogen-bond acceptors (Lipinski definition) is 4. The Labute approximate surface area is 117 Å². The molecule has 112 valence electrons. The molecule has 2 N–H and O–H groups in total. The lowest BCUT2D eigenvalue weighted by molar-refractivity contribution is 0.0660. The van der Waals surface area contributed by atoms with E-state index in [0.29, 0.717) is 19.0 Å². The highest BCUT2D eigenvalue weighted by Crippen LogP contribution is 2.18.